The highest BCUT2D eigenvalue weighted by atomic mass is 19.1. The lowest BCUT2D eigenvalue weighted by atomic mass is 9.90. The van der Waals surface area contributed by atoms with E-state index in [9.17, 15) is 8.78 Å². The minimum absolute atomic E-state index is 0.0416. The van der Waals surface area contributed by atoms with E-state index >= 15 is 0 Å². The Morgan fingerprint density at radius 3 is 2.23 bits per heavy atom. The summed E-state index contributed by atoms with van der Waals surface area (Å²) in [5.41, 5.74) is -0.0333. The number of aromatic nitrogens is 1. The number of hydrogen-bond donors (Lipinski definition) is 0. The van der Waals surface area contributed by atoms with Gasteiger partial charge in [0.1, 0.15) is 5.82 Å². The second-order valence-electron chi connectivity index (χ2n) is 4.14. The van der Waals surface area contributed by atoms with Gasteiger partial charge in [-0.2, -0.15) is 0 Å². The molecule has 1 nitrogen and oxygen atoms in total. The lowest BCUT2D eigenvalue weighted by molar-refractivity contribution is 0.481. The number of halogens is 2. The Kier molecular flexibility index (Phi) is 2.37. The third-order valence-corrected chi connectivity index (χ3v) is 1.91. The molecule has 0 aliphatic rings. The van der Waals surface area contributed by atoms with Crippen LogP contribution in [0.15, 0.2) is 6.20 Å². The standard InChI is InChI=1S/C10H13F2N/c1-6-7(11)5-13-9(8(6)12)10(2,3)4/h5H,1-4H3. The average molecular weight is 185 g/mol. The maximum atomic E-state index is 13.5. The summed E-state index contributed by atoms with van der Waals surface area (Å²) in [6.07, 6.45) is 1.07. The van der Waals surface area contributed by atoms with E-state index in [0.717, 1.165) is 6.20 Å². The highest BCUT2D eigenvalue weighted by Crippen LogP contribution is 2.25. The van der Waals surface area contributed by atoms with Crippen molar-refractivity contribution in [1.29, 1.82) is 0 Å². The molecular formula is C10H13F2N. The lowest BCUT2D eigenvalue weighted by Crippen LogP contribution is -2.17. The quantitative estimate of drug-likeness (QED) is 0.605. The molecule has 0 aliphatic carbocycles. The van der Waals surface area contributed by atoms with E-state index in [1.807, 2.05) is 20.8 Å². The maximum absolute atomic E-state index is 13.5. The van der Waals surface area contributed by atoms with Gasteiger partial charge in [0.2, 0.25) is 0 Å². The molecule has 0 saturated carbocycles. The number of hydrogen-bond acceptors (Lipinski definition) is 1. The summed E-state index contributed by atoms with van der Waals surface area (Å²) in [4.78, 5) is 3.76. The largest absolute Gasteiger partial charge is 0.255 e. The van der Waals surface area contributed by atoms with Crippen LogP contribution in [0.4, 0.5) is 8.78 Å². The van der Waals surface area contributed by atoms with E-state index in [2.05, 4.69) is 4.98 Å². The van der Waals surface area contributed by atoms with Crippen LogP contribution in [-0.2, 0) is 5.41 Å². The van der Waals surface area contributed by atoms with Crippen LogP contribution in [0.25, 0.3) is 0 Å². The zero-order valence-electron chi connectivity index (χ0n) is 8.28. The van der Waals surface area contributed by atoms with Gasteiger partial charge in [0, 0.05) is 11.0 Å². The SMILES string of the molecule is Cc1c(F)cnc(C(C)(C)C)c1F. The van der Waals surface area contributed by atoms with Gasteiger partial charge in [0.25, 0.3) is 0 Å². The van der Waals surface area contributed by atoms with Crippen molar-refractivity contribution in [3.8, 4) is 0 Å². The van der Waals surface area contributed by atoms with E-state index in [1.165, 1.54) is 6.92 Å². The van der Waals surface area contributed by atoms with Crippen LogP contribution in [-0.4, -0.2) is 4.98 Å². The number of rotatable bonds is 0. The van der Waals surface area contributed by atoms with Gasteiger partial charge in [-0.1, -0.05) is 20.8 Å². The van der Waals surface area contributed by atoms with E-state index in [-0.39, 0.29) is 11.0 Å². The fourth-order valence-corrected chi connectivity index (χ4v) is 1.08. The van der Waals surface area contributed by atoms with Crippen molar-refractivity contribution in [3.05, 3.63) is 29.1 Å². The Bertz CT molecular complexity index is 326. The minimum atomic E-state index is -0.592. The molecule has 1 aromatic heterocycles. The molecule has 0 fully saturated rings. The lowest BCUT2D eigenvalue weighted by Gasteiger charge is -2.19. The van der Waals surface area contributed by atoms with E-state index in [1.54, 1.807) is 0 Å². The summed E-state index contributed by atoms with van der Waals surface area (Å²) in [5, 5.41) is 0. The zero-order chi connectivity index (χ0) is 10.2. The summed E-state index contributed by atoms with van der Waals surface area (Å²) in [6.45, 7) is 6.95. The highest BCUT2D eigenvalue weighted by Gasteiger charge is 2.22. The van der Waals surface area contributed by atoms with Gasteiger partial charge in [-0.15, -0.1) is 0 Å². The van der Waals surface area contributed by atoms with Gasteiger partial charge in [-0.3, -0.25) is 4.98 Å². The Balaban J connectivity index is 3.35. The predicted molar refractivity (Wildman–Crippen MR) is 47.6 cm³/mol. The van der Waals surface area contributed by atoms with Gasteiger partial charge < -0.3 is 0 Å². The van der Waals surface area contributed by atoms with Crippen molar-refractivity contribution in [2.75, 3.05) is 0 Å². The molecule has 0 bridgehead atoms. The molecule has 0 aromatic carbocycles. The van der Waals surface area contributed by atoms with Crippen molar-refractivity contribution in [1.82, 2.24) is 4.98 Å². The maximum Gasteiger partial charge on any atom is 0.151 e. The topological polar surface area (TPSA) is 12.9 Å². The third kappa shape index (κ3) is 1.85. The molecule has 0 amide bonds. The summed E-state index contributed by atoms with van der Waals surface area (Å²) in [6, 6.07) is 0. The van der Waals surface area contributed by atoms with Crippen LogP contribution < -0.4 is 0 Å². The van der Waals surface area contributed by atoms with Crippen LogP contribution in [0.2, 0.25) is 0 Å². The van der Waals surface area contributed by atoms with Crippen molar-refractivity contribution in [2.24, 2.45) is 0 Å². The molecule has 1 rings (SSSR count). The molecule has 1 aromatic rings. The Morgan fingerprint density at radius 2 is 1.77 bits per heavy atom. The molecule has 13 heavy (non-hydrogen) atoms. The molecule has 0 saturated heterocycles. The summed E-state index contributed by atoms with van der Waals surface area (Å²) in [7, 11) is 0. The first-order chi connectivity index (χ1) is 5.84. The van der Waals surface area contributed by atoms with Crippen LogP contribution in [0, 0.1) is 18.6 Å². The van der Waals surface area contributed by atoms with Crippen LogP contribution in [0.1, 0.15) is 32.0 Å². The van der Waals surface area contributed by atoms with E-state index < -0.39 is 11.6 Å². The summed E-state index contributed by atoms with van der Waals surface area (Å²) < 4.78 is 26.3. The first-order valence-corrected chi connectivity index (χ1v) is 4.15. The Hall–Kier alpha value is -0.990. The van der Waals surface area contributed by atoms with Crippen LogP contribution in [0.3, 0.4) is 0 Å². The van der Waals surface area contributed by atoms with Gasteiger partial charge in [-0.25, -0.2) is 8.78 Å². The monoisotopic (exact) mass is 185 g/mol. The van der Waals surface area contributed by atoms with E-state index in [0.29, 0.717) is 5.69 Å². The normalized spacial score (nSPS) is 11.8. The van der Waals surface area contributed by atoms with Crippen LogP contribution in [0.5, 0.6) is 0 Å². The molecule has 3 heteroatoms. The third-order valence-electron chi connectivity index (χ3n) is 1.91. The first-order valence-electron chi connectivity index (χ1n) is 4.15. The molecule has 0 aliphatic heterocycles. The molecule has 1 heterocycles. The zero-order valence-corrected chi connectivity index (χ0v) is 8.28. The minimum Gasteiger partial charge on any atom is -0.255 e. The Labute approximate surface area is 76.8 Å². The second kappa shape index (κ2) is 3.05. The fraction of sp³-hybridized carbons (Fsp3) is 0.500. The van der Waals surface area contributed by atoms with Crippen LogP contribution >= 0.6 is 0 Å². The summed E-state index contributed by atoms with van der Waals surface area (Å²) >= 11 is 0. The molecule has 0 radical (unpaired) electrons. The molecule has 0 unspecified atom stereocenters. The highest BCUT2D eigenvalue weighted by molar-refractivity contribution is 5.24. The molecular weight excluding hydrogens is 172 g/mol. The Morgan fingerprint density at radius 1 is 1.23 bits per heavy atom. The molecule has 0 atom stereocenters. The molecule has 0 N–H and O–H groups in total. The second-order valence-corrected chi connectivity index (χ2v) is 4.14. The van der Waals surface area contributed by atoms with Gasteiger partial charge in [0.05, 0.1) is 11.9 Å². The average Bonchev–Trinajstić information content (AvgIpc) is 1.98. The van der Waals surface area contributed by atoms with Gasteiger partial charge in [-0.05, 0) is 6.92 Å². The van der Waals surface area contributed by atoms with Gasteiger partial charge >= 0.3 is 0 Å². The van der Waals surface area contributed by atoms with Crippen molar-refractivity contribution < 1.29 is 8.78 Å². The fourth-order valence-electron chi connectivity index (χ4n) is 1.08. The van der Waals surface area contributed by atoms with Crippen molar-refractivity contribution in [2.45, 2.75) is 33.1 Å². The van der Waals surface area contributed by atoms with E-state index in [4.69, 9.17) is 0 Å². The van der Waals surface area contributed by atoms with Crippen molar-refractivity contribution >= 4 is 0 Å². The molecule has 72 valence electrons. The summed E-state index contributed by atoms with van der Waals surface area (Å²) in [5.74, 6) is -1.13. The number of nitrogens with zero attached hydrogens (tertiary/aromatic N) is 1. The predicted octanol–water partition coefficient (Wildman–Crippen LogP) is 2.97. The van der Waals surface area contributed by atoms with Crippen molar-refractivity contribution in [3.63, 3.8) is 0 Å². The first kappa shape index (κ1) is 10.1. The smallest absolute Gasteiger partial charge is 0.151 e. The molecule has 0 spiro atoms. The number of pyridine rings is 1. The van der Waals surface area contributed by atoms with Gasteiger partial charge in [0.15, 0.2) is 5.82 Å².